The van der Waals surface area contributed by atoms with Crippen molar-refractivity contribution >= 4 is 16.8 Å². The maximum Gasteiger partial charge on any atom is 0.258 e. The third-order valence-electron chi connectivity index (χ3n) is 4.76. The van der Waals surface area contributed by atoms with Gasteiger partial charge >= 0.3 is 0 Å². The molecule has 0 bridgehead atoms. The van der Waals surface area contributed by atoms with Gasteiger partial charge in [0.1, 0.15) is 5.82 Å². The van der Waals surface area contributed by atoms with Crippen molar-refractivity contribution in [3.8, 4) is 0 Å². The number of hydrogen-bond donors (Lipinski definition) is 2. The second-order valence-corrected chi connectivity index (χ2v) is 7.01. The Labute approximate surface area is 170 Å². The first kappa shape index (κ1) is 20.7. The van der Waals surface area contributed by atoms with Crippen LogP contribution in [0.2, 0.25) is 0 Å². The molecule has 0 radical (unpaired) electrons. The Hall–Kier alpha value is -2.99. The zero-order valence-corrected chi connectivity index (χ0v) is 16.7. The minimum atomic E-state index is -0.139. The van der Waals surface area contributed by atoms with Crippen LogP contribution in [-0.2, 0) is 16.0 Å². The summed E-state index contributed by atoms with van der Waals surface area (Å²) in [5.41, 5.74) is 1.69. The summed E-state index contributed by atoms with van der Waals surface area (Å²) in [6.07, 6.45) is 2.41. The van der Waals surface area contributed by atoms with Crippen molar-refractivity contribution in [1.29, 1.82) is 0 Å². The molecule has 3 rings (SSSR count). The number of aromatic amines is 1. The maximum absolute atomic E-state index is 12.1. The van der Waals surface area contributed by atoms with E-state index < -0.39 is 0 Å². The number of carbonyl (C=O) groups is 1. The summed E-state index contributed by atoms with van der Waals surface area (Å²) in [6.45, 7) is 3.21. The van der Waals surface area contributed by atoms with E-state index >= 15 is 0 Å². The lowest BCUT2D eigenvalue weighted by Gasteiger charge is -2.13. The highest BCUT2D eigenvalue weighted by Gasteiger charge is 2.07. The van der Waals surface area contributed by atoms with Crippen LogP contribution in [0, 0.1) is 0 Å². The lowest BCUT2D eigenvalue weighted by atomic mass is 10.1. The van der Waals surface area contributed by atoms with Crippen LogP contribution >= 0.6 is 0 Å². The number of amides is 1. The van der Waals surface area contributed by atoms with Crippen LogP contribution in [0.4, 0.5) is 0 Å². The van der Waals surface area contributed by atoms with Gasteiger partial charge in [-0.05, 0) is 37.5 Å². The second-order valence-electron chi connectivity index (χ2n) is 7.01. The van der Waals surface area contributed by atoms with Gasteiger partial charge in [0.05, 0.1) is 17.0 Å². The molecule has 0 saturated carbocycles. The van der Waals surface area contributed by atoms with Gasteiger partial charge in [-0.25, -0.2) is 4.98 Å². The first-order chi connectivity index (χ1) is 14.1. The SMILES string of the molecule is CC(OCCCNC(=O)CCCc1nc2ccccc2c(=O)[nH]1)c1ccccc1. The van der Waals surface area contributed by atoms with E-state index in [0.29, 0.717) is 49.1 Å². The molecule has 0 aliphatic heterocycles. The maximum atomic E-state index is 12.1. The molecule has 152 valence electrons. The van der Waals surface area contributed by atoms with Crippen molar-refractivity contribution in [2.24, 2.45) is 0 Å². The molecule has 29 heavy (non-hydrogen) atoms. The van der Waals surface area contributed by atoms with E-state index in [1.54, 1.807) is 6.07 Å². The second kappa shape index (κ2) is 10.5. The van der Waals surface area contributed by atoms with Gasteiger partial charge in [0.2, 0.25) is 5.91 Å². The fraction of sp³-hybridized carbons (Fsp3) is 0.348. The van der Waals surface area contributed by atoms with E-state index in [-0.39, 0.29) is 17.6 Å². The molecule has 1 unspecified atom stereocenters. The van der Waals surface area contributed by atoms with E-state index in [1.165, 1.54) is 0 Å². The average Bonchev–Trinajstić information content (AvgIpc) is 2.74. The van der Waals surface area contributed by atoms with Crippen molar-refractivity contribution in [3.05, 3.63) is 76.3 Å². The number of para-hydroxylation sites is 1. The highest BCUT2D eigenvalue weighted by molar-refractivity contribution is 5.77. The molecule has 2 N–H and O–H groups in total. The van der Waals surface area contributed by atoms with Gasteiger partial charge < -0.3 is 15.0 Å². The van der Waals surface area contributed by atoms with E-state index in [9.17, 15) is 9.59 Å². The Kier molecular flexibility index (Phi) is 7.53. The molecule has 2 aromatic carbocycles. The van der Waals surface area contributed by atoms with Crippen LogP contribution < -0.4 is 10.9 Å². The Bertz CT molecular complexity index is 985. The first-order valence-electron chi connectivity index (χ1n) is 10.0. The highest BCUT2D eigenvalue weighted by atomic mass is 16.5. The molecule has 1 atom stereocenters. The number of aromatic nitrogens is 2. The molecule has 1 aromatic heterocycles. The number of ether oxygens (including phenoxy) is 1. The van der Waals surface area contributed by atoms with Gasteiger partial charge in [0, 0.05) is 26.0 Å². The zero-order valence-electron chi connectivity index (χ0n) is 16.7. The Morgan fingerprint density at radius 1 is 1.10 bits per heavy atom. The molecular weight excluding hydrogens is 366 g/mol. The van der Waals surface area contributed by atoms with Crippen LogP contribution in [0.1, 0.15) is 43.7 Å². The summed E-state index contributed by atoms with van der Waals surface area (Å²) in [6, 6.07) is 17.3. The summed E-state index contributed by atoms with van der Waals surface area (Å²) >= 11 is 0. The van der Waals surface area contributed by atoms with Crippen molar-refractivity contribution in [2.75, 3.05) is 13.2 Å². The average molecular weight is 393 g/mol. The smallest absolute Gasteiger partial charge is 0.258 e. The number of H-pyrrole nitrogens is 1. The van der Waals surface area contributed by atoms with Gasteiger partial charge in [-0.2, -0.15) is 0 Å². The third kappa shape index (κ3) is 6.26. The summed E-state index contributed by atoms with van der Waals surface area (Å²) in [7, 11) is 0. The van der Waals surface area contributed by atoms with Crippen LogP contribution in [0.25, 0.3) is 10.9 Å². The van der Waals surface area contributed by atoms with Crippen molar-refractivity contribution in [3.63, 3.8) is 0 Å². The number of aryl methyl sites for hydroxylation is 1. The van der Waals surface area contributed by atoms with Crippen molar-refractivity contribution in [1.82, 2.24) is 15.3 Å². The summed E-state index contributed by atoms with van der Waals surface area (Å²) in [5.74, 6) is 0.619. The molecule has 3 aromatic rings. The molecule has 0 aliphatic rings. The number of hydrogen-bond acceptors (Lipinski definition) is 4. The van der Waals surface area contributed by atoms with E-state index in [0.717, 1.165) is 12.0 Å². The standard InChI is InChI=1S/C23H27N3O3/c1-17(18-9-3-2-4-10-18)29-16-8-15-24-22(27)14-7-13-21-25-20-12-6-5-11-19(20)23(28)26-21/h2-6,9-12,17H,7-8,13-16H2,1H3,(H,24,27)(H,25,26,28). The highest BCUT2D eigenvalue weighted by Crippen LogP contribution is 2.15. The lowest BCUT2D eigenvalue weighted by molar-refractivity contribution is -0.121. The molecule has 6 heteroatoms. The molecule has 1 heterocycles. The molecule has 0 saturated heterocycles. The largest absolute Gasteiger partial charge is 0.374 e. The molecular formula is C23H27N3O3. The lowest BCUT2D eigenvalue weighted by Crippen LogP contribution is -2.25. The summed E-state index contributed by atoms with van der Waals surface area (Å²) in [4.78, 5) is 31.3. The number of carbonyl (C=O) groups excluding carboxylic acids is 1. The summed E-state index contributed by atoms with van der Waals surface area (Å²) in [5, 5.41) is 3.49. The molecule has 0 spiro atoms. The fourth-order valence-corrected chi connectivity index (χ4v) is 3.14. The van der Waals surface area contributed by atoms with Crippen LogP contribution in [-0.4, -0.2) is 29.0 Å². The third-order valence-corrected chi connectivity index (χ3v) is 4.76. The predicted molar refractivity (Wildman–Crippen MR) is 114 cm³/mol. The molecule has 0 fully saturated rings. The van der Waals surface area contributed by atoms with E-state index in [2.05, 4.69) is 15.3 Å². The predicted octanol–water partition coefficient (Wildman–Crippen LogP) is 3.53. The Morgan fingerprint density at radius 3 is 2.69 bits per heavy atom. The van der Waals surface area contributed by atoms with Crippen LogP contribution in [0.5, 0.6) is 0 Å². The quantitative estimate of drug-likeness (QED) is 0.516. The number of nitrogens with zero attached hydrogens (tertiary/aromatic N) is 1. The Balaban J connectivity index is 1.32. The summed E-state index contributed by atoms with van der Waals surface area (Å²) < 4.78 is 5.80. The number of rotatable bonds is 10. The van der Waals surface area contributed by atoms with Crippen molar-refractivity contribution < 1.29 is 9.53 Å². The minimum absolute atomic E-state index is 0.00393. The van der Waals surface area contributed by atoms with Crippen LogP contribution in [0.3, 0.4) is 0 Å². The number of benzene rings is 2. The molecule has 0 aliphatic carbocycles. The van der Waals surface area contributed by atoms with Gasteiger partial charge in [0.15, 0.2) is 0 Å². The topological polar surface area (TPSA) is 84.1 Å². The molecule has 6 nitrogen and oxygen atoms in total. The monoisotopic (exact) mass is 393 g/mol. The van der Waals surface area contributed by atoms with E-state index in [1.807, 2.05) is 55.5 Å². The van der Waals surface area contributed by atoms with Crippen LogP contribution in [0.15, 0.2) is 59.4 Å². The Morgan fingerprint density at radius 2 is 1.86 bits per heavy atom. The van der Waals surface area contributed by atoms with Gasteiger partial charge in [0.25, 0.3) is 5.56 Å². The minimum Gasteiger partial charge on any atom is -0.374 e. The van der Waals surface area contributed by atoms with E-state index in [4.69, 9.17) is 4.74 Å². The molecule has 1 amide bonds. The van der Waals surface area contributed by atoms with Gasteiger partial charge in [-0.15, -0.1) is 0 Å². The van der Waals surface area contributed by atoms with Crippen molar-refractivity contribution in [2.45, 2.75) is 38.7 Å². The fourth-order valence-electron chi connectivity index (χ4n) is 3.14. The number of fused-ring (bicyclic) bond motifs is 1. The normalized spacial score (nSPS) is 12.0. The first-order valence-corrected chi connectivity index (χ1v) is 10.0. The zero-order chi connectivity index (χ0) is 20.5. The number of nitrogens with one attached hydrogen (secondary N) is 2. The van der Waals surface area contributed by atoms with Gasteiger partial charge in [-0.3, -0.25) is 9.59 Å². The van der Waals surface area contributed by atoms with Gasteiger partial charge in [-0.1, -0.05) is 42.5 Å².